The van der Waals surface area contributed by atoms with Gasteiger partial charge in [-0.1, -0.05) is 6.07 Å². The highest BCUT2D eigenvalue weighted by molar-refractivity contribution is 5.97. The summed E-state index contributed by atoms with van der Waals surface area (Å²) >= 11 is 0. The molecule has 0 radical (unpaired) electrons. The highest BCUT2D eigenvalue weighted by Crippen LogP contribution is 2.15. The molecule has 0 aliphatic heterocycles. The molecule has 0 saturated carbocycles. The average molecular weight is 257 g/mol. The van der Waals surface area contributed by atoms with Crippen molar-refractivity contribution in [1.82, 2.24) is 5.32 Å². The summed E-state index contributed by atoms with van der Waals surface area (Å²) < 4.78 is 28.2. The number of benzene rings is 1. The zero-order valence-electron chi connectivity index (χ0n) is 9.94. The van der Waals surface area contributed by atoms with Crippen LogP contribution in [-0.2, 0) is 4.79 Å². The molecule has 1 aromatic carbocycles. The monoisotopic (exact) mass is 257 g/mol. The SMILES string of the molecule is CC(=O)C(C)NC(=O)c1cccc(OC(F)F)c1. The second-order valence-corrected chi connectivity index (χ2v) is 3.71. The van der Waals surface area contributed by atoms with Crippen LogP contribution in [0.5, 0.6) is 5.75 Å². The fourth-order valence-electron chi connectivity index (χ4n) is 1.20. The van der Waals surface area contributed by atoms with Gasteiger partial charge in [0.2, 0.25) is 0 Å². The summed E-state index contributed by atoms with van der Waals surface area (Å²) in [4.78, 5) is 22.7. The Morgan fingerprint density at radius 2 is 2.00 bits per heavy atom. The summed E-state index contributed by atoms with van der Waals surface area (Å²) in [5, 5.41) is 2.44. The number of ether oxygens (including phenoxy) is 1. The Morgan fingerprint density at radius 3 is 2.56 bits per heavy atom. The van der Waals surface area contributed by atoms with E-state index in [1.165, 1.54) is 31.2 Å². The molecule has 0 aliphatic rings. The maximum absolute atomic E-state index is 12.0. The molecule has 1 rings (SSSR count). The fraction of sp³-hybridized carbons (Fsp3) is 0.333. The van der Waals surface area contributed by atoms with E-state index in [1.807, 2.05) is 0 Å². The van der Waals surface area contributed by atoms with Gasteiger partial charge in [-0.25, -0.2) is 0 Å². The first kappa shape index (κ1) is 14.1. The molecule has 18 heavy (non-hydrogen) atoms. The molecule has 0 spiro atoms. The van der Waals surface area contributed by atoms with E-state index < -0.39 is 18.6 Å². The van der Waals surface area contributed by atoms with Crippen molar-refractivity contribution in [3.63, 3.8) is 0 Å². The second kappa shape index (κ2) is 6.09. The van der Waals surface area contributed by atoms with E-state index in [4.69, 9.17) is 0 Å². The van der Waals surface area contributed by atoms with Gasteiger partial charge in [0, 0.05) is 5.56 Å². The number of amides is 1. The van der Waals surface area contributed by atoms with E-state index in [2.05, 4.69) is 10.1 Å². The number of nitrogens with one attached hydrogen (secondary N) is 1. The van der Waals surface area contributed by atoms with Gasteiger partial charge in [-0.3, -0.25) is 9.59 Å². The third-order valence-corrected chi connectivity index (χ3v) is 2.28. The van der Waals surface area contributed by atoms with Crippen LogP contribution in [0.25, 0.3) is 0 Å². The first-order valence-electron chi connectivity index (χ1n) is 5.26. The fourth-order valence-corrected chi connectivity index (χ4v) is 1.20. The van der Waals surface area contributed by atoms with Crippen LogP contribution in [0.1, 0.15) is 24.2 Å². The molecule has 0 bridgehead atoms. The first-order chi connectivity index (χ1) is 8.40. The molecular formula is C12H13F2NO3. The van der Waals surface area contributed by atoms with Crippen molar-refractivity contribution in [3.05, 3.63) is 29.8 Å². The maximum atomic E-state index is 12.0. The van der Waals surface area contributed by atoms with Crippen molar-refractivity contribution >= 4 is 11.7 Å². The van der Waals surface area contributed by atoms with Gasteiger partial charge >= 0.3 is 6.61 Å². The number of hydrogen-bond acceptors (Lipinski definition) is 3. The molecule has 0 saturated heterocycles. The average Bonchev–Trinajstić information content (AvgIpc) is 2.28. The Labute approximate surface area is 103 Å². The zero-order chi connectivity index (χ0) is 13.7. The minimum atomic E-state index is -2.94. The van der Waals surface area contributed by atoms with E-state index in [9.17, 15) is 18.4 Å². The number of rotatable bonds is 5. The summed E-state index contributed by atoms with van der Waals surface area (Å²) in [6.07, 6.45) is 0. The van der Waals surface area contributed by atoms with Crippen molar-refractivity contribution in [2.75, 3.05) is 0 Å². The van der Waals surface area contributed by atoms with Gasteiger partial charge in [0.1, 0.15) is 5.75 Å². The van der Waals surface area contributed by atoms with Crippen LogP contribution in [-0.4, -0.2) is 24.3 Å². The predicted molar refractivity (Wildman–Crippen MR) is 60.7 cm³/mol. The second-order valence-electron chi connectivity index (χ2n) is 3.71. The smallest absolute Gasteiger partial charge is 0.387 e. The van der Waals surface area contributed by atoms with Crippen molar-refractivity contribution in [1.29, 1.82) is 0 Å². The van der Waals surface area contributed by atoms with E-state index in [0.717, 1.165) is 0 Å². The summed E-state index contributed by atoms with van der Waals surface area (Å²) in [6, 6.07) is 4.74. The Morgan fingerprint density at radius 1 is 1.33 bits per heavy atom. The van der Waals surface area contributed by atoms with Crippen LogP contribution in [0.3, 0.4) is 0 Å². The van der Waals surface area contributed by atoms with Crippen molar-refractivity contribution in [2.45, 2.75) is 26.5 Å². The number of carbonyl (C=O) groups is 2. The standard InChI is InChI=1S/C12H13F2NO3/c1-7(8(2)16)15-11(17)9-4-3-5-10(6-9)18-12(13)14/h3-7,12H,1-2H3,(H,15,17). The molecule has 0 fully saturated rings. The van der Waals surface area contributed by atoms with Crippen LogP contribution < -0.4 is 10.1 Å². The predicted octanol–water partition coefficient (Wildman–Crippen LogP) is 2.00. The molecule has 6 heteroatoms. The molecule has 1 N–H and O–H groups in total. The number of hydrogen-bond donors (Lipinski definition) is 1. The number of ketones is 1. The van der Waals surface area contributed by atoms with Crippen LogP contribution in [0.15, 0.2) is 24.3 Å². The lowest BCUT2D eigenvalue weighted by atomic mass is 10.1. The molecule has 1 atom stereocenters. The largest absolute Gasteiger partial charge is 0.435 e. The van der Waals surface area contributed by atoms with Crippen molar-refractivity contribution < 1.29 is 23.1 Å². The van der Waals surface area contributed by atoms with Crippen LogP contribution >= 0.6 is 0 Å². The highest BCUT2D eigenvalue weighted by atomic mass is 19.3. The number of carbonyl (C=O) groups excluding carboxylic acids is 2. The lowest BCUT2D eigenvalue weighted by molar-refractivity contribution is -0.118. The van der Waals surface area contributed by atoms with Crippen LogP contribution in [0.2, 0.25) is 0 Å². The van der Waals surface area contributed by atoms with Gasteiger partial charge in [0.25, 0.3) is 5.91 Å². The number of alkyl halides is 2. The van der Waals surface area contributed by atoms with Gasteiger partial charge in [0.15, 0.2) is 5.78 Å². The van der Waals surface area contributed by atoms with Crippen LogP contribution in [0.4, 0.5) is 8.78 Å². The molecular weight excluding hydrogens is 244 g/mol. The van der Waals surface area contributed by atoms with Gasteiger partial charge in [-0.05, 0) is 32.0 Å². The summed E-state index contributed by atoms with van der Waals surface area (Å²) in [6.45, 7) is -0.0551. The quantitative estimate of drug-likeness (QED) is 0.877. The molecule has 1 amide bonds. The van der Waals surface area contributed by atoms with E-state index in [1.54, 1.807) is 6.92 Å². The minimum Gasteiger partial charge on any atom is -0.435 e. The zero-order valence-corrected chi connectivity index (χ0v) is 9.94. The van der Waals surface area contributed by atoms with E-state index in [0.29, 0.717) is 0 Å². The topological polar surface area (TPSA) is 55.4 Å². The Hall–Kier alpha value is -1.98. The summed E-state index contributed by atoms with van der Waals surface area (Å²) in [5.74, 6) is -0.811. The molecule has 0 heterocycles. The lowest BCUT2D eigenvalue weighted by Crippen LogP contribution is -2.37. The van der Waals surface area contributed by atoms with Gasteiger partial charge in [-0.15, -0.1) is 0 Å². The van der Waals surface area contributed by atoms with E-state index >= 15 is 0 Å². The Kier molecular flexibility index (Phi) is 4.76. The van der Waals surface area contributed by atoms with Crippen LogP contribution in [0, 0.1) is 0 Å². The third kappa shape index (κ3) is 4.12. The highest BCUT2D eigenvalue weighted by Gasteiger charge is 2.14. The van der Waals surface area contributed by atoms with E-state index in [-0.39, 0.29) is 17.1 Å². The maximum Gasteiger partial charge on any atom is 0.387 e. The molecule has 4 nitrogen and oxygen atoms in total. The van der Waals surface area contributed by atoms with Crippen molar-refractivity contribution in [2.24, 2.45) is 0 Å². The molecule has 1 aromatic rings. The molecule has 98 valence electrons. The van der Waals surface area contributed by atoms with Gasteiger partial charge in [-0.2, -0.15) is 8.78 Å². The summed E-state index contributed by atoms with van der Waals surface area (Å²) in [5.41, 5.74) is 0.154. The molecule has 0 aromatic heterocycles. The molecule has 0 aliphatic carbocycles. The minimum absolute atomic E-state index is 0.104. The lowest BCUT2D eigenvalue weighted by Gasteiger charge is -2.11. The Balaban J connectivity index is 2.77. The van der Waals surface area contributed by atoms with Crippen molar-refractivity contribution in [3.8, 4) is 5.75 Å². The third-order valence-electron chi connectivity index (χ3n) is 2.28. The van der Waals surface area contributed by atoms with Gasteiger partial charge in [0.05, 0.1) is 6.04 Å². The summed E-state index contributed by atoms with van der Waals surface area (Å²) in [7, 11) is 0. The normalized spacial score (nSPS) is 12.1. The van der Waals surface area contributed by atoms with Gasteiger partial charge < -0.3 is 10.1 Å². The number of halogens is 2. The molecule has 1 unspecified atom stereocenters. The Bertz CT molecular complexity index is 449. The first-order valence-corrected chi connectivity index (χ1v) is 5.26. The number of Topliss-reactive ketones (excluding diaryl/α,β-unsaturated/α-hetero) is 1.